The molecule has 1 aliphatic heterocycles. The molecule has 2 aromatic heterocycles. The number of hydrogen-bond acceptors (Lipinski definition) is 6. The van der Waals surface area contributed by atoms with Crippen LogP contribution in [0.2, 0.25) is 0 Å². The third-order valence-corrected chi connectivity index (χ3v) is 8.08. The predicted molar refractivity (Wildman–Crippen MR) is 140 cm³/mol. The highest BCUT2D eigenvalue weighted by atomic mass is 32.2. The van der Waals surface area contributed by atoms with Gasteiger partial charge in [0.1, 0.15) is 4.91 Å². The summed E-state index contributed by atoms with van der Waals surface area (Å²) in [5.41, 5.74) is 3.48. The van der Waals surface area contributed by atoms with E-state index in [2.05, 4.69) is 14.7 Å². The van der Waals surface area contributed by atoms with Crippen molar-refractivity contribution in [2.45, 2.75) is 19.8 Å². The summed E-state index contributed by atoms with van der Waals surface area (Å²) in [6, 6.07) is 12.0. The molecular formula is C27H27N5O4S. The largest absolute Gasteiger partial charge is 0.335 e. The van der Waals surface area contributed by atoms with Crippen LogP contribution in [-0.2, 0) is 16.4 Å². The summed E-state index contributed by atoms with van der Waals surface area (Å²) in [7, 11) is -3.85. The summed E-state index contributed by atoms with van der Waals surface area (Å²) < 4.78 is 29.1. The number of allylic oxidation sites excluding steroid dienone is 1. The third kappa shape index (κ3) is 5.10. The molecule has 3 aromatic rings. The molecule has 5 rings (SSSR count). The Bertz CT molecular complexity index is 1480. The quantitative estimate of drug-likeness (QED) is 0.557. The number of nitrogens with zero attached hydrogens (tertiary/aromatic N) is 4. The second-order valence-corrected chi connectivity index (χ2v) is 10.7. The van der Waals surface area contributed by atoms with Gasteiger partial charge in [-0.25, -0.2) is 8.42 Å². The Morgan fingerprint density at radius 1 is 0.892 bits per heavy atom. The minimum Gasteiger partial charge on any atom is -0.335 e. The molecule has 37 heavy (non-hydrogen) atoms. The van der Waals surface area contributed by atoms with Crippen molar-refractivity contribution in [1.82, 2.24) is 19.8 Å². The molecule has 2 aliphatic rings. The van der Waals surface area contributed by atoms with Gasteiger partial charge >= 0.3 is 0 Å². The first-order valence-corrected chi connectivity index (χ1v) is 13.6. The maximum absolute atomic E-state index is 13.2. The van der Waals surface area contributed by atoms with Crippen molar-refractivity contribution in [3.05, 3.63) is 95.1 Å². The zero-order valence-electron chi connectivity index (χ0n) is 20.4. The predicted octanol–water partition coefficient (Wildman–Crippen LogP) is 3.11. The van der Waals surface area contributed by atoms with Crippen molar-refractivity contribution in [3.63, 3.8) is 0 Å². The van der Waals surface area contributed by atoms with Crippen LogP contribution in [0.5, 0.6) is 0 Å². The molecule has 0 radical (unpaired) electrons. The minimum atomic E-state index is -3.85. The molecule has 1 N–H and O–H groups in total. The van der Waals surface area contributed by atoms with Crippen molar-refractivity contribution in [2.75, 3.05) is 30.9 Å². The lowest BCUT2D eigenvalue weighted by molar-refractivity contribution is 0.0535. The summed E-state index contributed by atoms with van der Waals surface area (Å²) in [5.74, 6) is -0.227. The first kappa shape index (κ1) is 24.6. The van der Waals surface area contributed by atoms with Gasteiger partial charge in [-0.15, -0.1) is 0 Å². The van der Waals surface area contributed by atoms with E-state index in [1.165, 1.54) is 0 Å². The number of hydrogen-bond donors (Lipinski definition) is 1. The number of amides is 2. The molecule has 0 atom stereocenters. The minimum absolute atomic E-state index is 0.0760. The van der Waals surface area contributed by atoms with E-state index in [1.807, 2.05) is 6.07 Å². The van der Waals surface area contributed by atoms with Gasteiger partial charge in [-0.2, -0.15) is 0 Å². The number of pyridine rings is 2. The zero-order chi connectivity index (χ0) is 26.0. The Labute approximate surface area is 215 Å². The fourth-order valence-electron chi connectivity index (χ4n) is 4.64. The van der Waals surface area contributed by atoms with E-state index in [-0.39, 0.29) is 16.7 Å². The third-order valence-electron chi connectivity index (χ3n) is 6.66. The average Bonchev–Trinajstić information content (AvgIpc) is 2.93. The molecule has 1 saturated heterocycles. The Kier molecular flexibility index (Phi) is 6.75. The molecule has 0 spiro atoms. The van der Waals surface area contributed by atoms with E-state index < -0.39 is 10.0 Å². The second-order valence-electron chi connectivity index (χ2n) is 9.07. The van der Waals surface area contributed by atoms with Crippen molar-refractivity contribution >= 4 is 32.4 Å². The van der Waals surface area contributed by atoms with Gasteiger partial charge in [0.25, 0.3) is 21.8 Å². The number of nitrogens with one attached hydrogen (secondary N) is 1. The van der Waals surface area contributed by atoms with Crippen molar-refractivity contribution in [2.24, 2.45) is 0 Å². The number of benzene rings is 1. The highest BCUT2D eigenvalue weighted by Gasteiger charge is 2.28. The van der Waals surface area contributed by atoms with Crippen LogP contribution in [-0.4, -0.2) is 66.2 Å². The van der Waals surface area contributed by atoms with Crippen LogP contribution in [0.3, 0.4) is 0 Å². The maximum atomic E-state index is 13.2. The van der Waals surface area contributed by atoms with E-state index in [0.29, 0.717) is 60.7 Å². The van der Waals surface area contributed by atoms with Gasteiger partial charge in [-0.3, -0.25) is 24.3 Å². The lowest BCUT2D eigenvalue weighted by Gasteiger charge is -2.35. The molecule has 190 valence electrons. The molecular weight excluding hydrogens is 490 g/mol. The monoisotopic (exact) mass is 517 g/mol. The Morgan fingerprint density at radius 3 is 2.24 bits per heavy atom. The van der Waals surface area contributed by atoms with E-state index >= 15 is 0 Å². The van der Waals surface area contributed by atoms with Gasteiger partial charge in [-0.05, 0) is 67.3 Å². The number of sulfonamides is 1. The summed E-state index contributed by atoms with van der Waals surface area (Å²) in [6.45, 7) is 3.48. The van der Waals surface area contributed by atoms with E-state index in [9.17, 15) is 18.0 Å². The molecule has 2 amide bonds. The smallest absolute Gasteiger partial charge is 0.263 e. The lowest BCUT2D eigenvalue weighted by Crippen LogP contribution is -2.50. The van der Waals surface area contributed by atoms with Crippen LogP contribution >= 0.6 is 0 Å². The number of aromatic nitrogens is 2. The topological polar surface area (TPSA) is 113 Å². The molecule has 0 saturated carbocycles. The van der Waals surface area contributed by atoms with Gasteiger partial charge < -0.3 is 9.80 Å². The number of piperazine rings is 1. The summed E-state index contributed by atoms with van der Waals surface area (Å²) in [4.78, 5) is 37.6. The number of carbonyl (C=O) groups excluding carboxylic acids is 2. The number of carbonyl (C=O) groups is 2. The lowest BCUT2D eigenvalue weighted by atomic mass is 10.0. The number of rotatable bonds is 5. The first-order valence-electron chi connectivity index (χ1n) is 12.1. The molecule has 3 heterocycles. The highest BCUT2D eigenvalue weighted by Crippen LogP contribution is 2.30. The Balaban J connectivity index is 1.25. The van der Waals surface area contributed by atoms with Crippen LogP contribution in [0.15, 0.2) is 67.1 Å². The number of fused-ring (bicyclic) bond motifs is 1. The Morgan fingerprint density at radius 2 is 1.57 bits per heavy atom. The standard InChI is InChI=1S/C27H27N5O4S/c1-19-18-22(27(34)32-16-14-31(15-17-32)26(33)21-9-12-28-13-10-21)7-8-23(19)30-37(35,36)24-6-2-4-20-5-3-11-29-25(20)24/h3,5-13,18,30H,2,4,14-17H2,1H3. The van der Waals surface area contributed by atoms with Crippen LogP contribution in [0.25, 0.3) is 4.91 Å². The fraction of sp³-hybridized carbons (Fsp3) is 0.259. The van der Waals surface area contributed by atoms with Crippen molar-refractivity contribution in [1.29, 1.82) is 0 Å². The number of anilines is 1. The van der Waals surface area contributed by atoms with Crippen LogP contribution in [0.4, 0.5) is 5.69 Å². The van der Waals surface area contributed by atoms with Crippen LogP contribution in [0, 0.1) is 6.92 Å². The van der Waals surface area contributed by atoms with E-state index in [4.69, 9.17) is 0 Å². The summed E-state index contributed by atoms with van der Waals surface area (Å²) >= 11 is 0. The maximum Gasteiger partial charge on any atom is 0.263 e. The Hall–Kier alpha value is -4.05. The molecule has 1 aromatic carbocycles. The molecule has 9 nitrogen and oxygen atoms in total. The SMILES string of the molecule is Cc1cc(C(=O)N2CCN(C(=O)c3ccncc3)CC2)ccc1NS(=O)(=O)C1=CCCc2cccnc21. The van der Waals surface area contributed by atoms with Crippen molar-refractivity contribution in [3.8, 4) is 0 Å². The summed E-state index contributed by atoms with van der Waals surface area (Å²) in [5, 5.41) is 0. The van der Waals surface area contributed by atoms with E-state index in [1.54, 1.807) is 77.8 Å². The van der Waals surface area contributed by atoms with Gasteiger partial charge in [0.05, 0.1) is 11.4 Å². The average molecular weight is 518 g/mol. The van der Waals surface area contributed by atoms with Gasteiger partial charge in [-0.1, -0.05) is 12.1 Å². The normalized spacial score (nSPS) is 15.5. The summed E-state index contributed by atoms with van der Waals surface area (Å²) in [6.07, 6.45) is 7.84. The van der Waals surface area contributed by atoms with Gasteiger partial charge in [0, 0.05) is 55.9 Å². The number of aryl methyl sites for hydroxylation is 2. The fourth-order valence-corrected chi connectivity index (χ4v) is 6.04. The highest BCUT2D eigenvalue weighted by molar-refractivity contribution is 8.01. The van der Waals surface area contributed by atoms with Gasteiger partial charge in [0.2, 0.25) is 0 Å². The van der Waals surface area contributed by atoms with Gasteiger partial charge in [0.15, 0.2) is 0 Å². The molecule has 0 unspecified atom stereocenters. The van der Waals surface area contributed by atoms with Crippen LogP contribution in [0.1, 0.15) is 44.0 Å². The second kappa shape index (κ2) is 10.1. The van der Waals surface area contributed by atoms with Crippen LogP contribution < -0.4 is 4.72 Å². The molecule has 0 bridgehead atoms. The first-order chi connectivity index (χ1) is 17.8. The zero-order valence-corrected chi connectivity index (χ0v) is 21.2. The van der Waals surface area contributed by atoms with Crippen molar-refractivity contribution < 1.29 is 18.0 Å². The molecule has 1 aliphatic carbocycles. The molecule has 1 fully saturated rings. The molecule has 10 heteroatoms. The van der Waals surface area contributed by atoms with E-state index in [0.717, 1.165) is 12.0 Å².